The molecule has 0 saturated heterocycles. The number of benzene rings is 1. The number of hydrogen-bond acceptors (Lipinski definition) is 3. The molecule has 17 heavy (non-hydrogen) atoms. The van der Waals surface area contributed by atoms with Gasteiger partial charge in [-0.2, -0.15) is 0 Å². The lowest BCUT2D eigenvalue weighted by molar-refractivity contribution is -0.124. The molecule has 1 aliphatic carbocycles. The molecule has 0 bridgehead atoms. The first-order valence-electron chi connectivity index (χ1n) is 6.05. The van der Waals surface area contributed by atoms with E-state index in [0.29, 0.717) is 19.4 Å². The van der Waals surface area contributed by atoms with Gasteiger partial charge in [0.05, 0.1) is 12.0 Å². The van der Waals surface area contributed by atoms with E-state index in [9.17, 15) is 9.90 Å². The fourth-order valence-electron chi connectivity index (χ4n) is 2.53. The summed E-state index contributed by atoms with van der Waals surface area (Å²) in [5.74, 6) is -0.0247. The second kappa shape index (κ2) is 4.04. The standard InChI is InChI=1S/C13H16N2O2/c16-9-5-8(6-9)15-13(17)11-7-14-12-4-2-1-3-10(11)12/h1-4,8-9,11,14,16H,5-7H2,(H,15,17). The van der Waals surface area contributed by atoms with Crippen molar-refractivity contribution in [3.8, 4) is 0 Å². The van der Waals surface area contributed by atoms with Crippen molar-refractivity contribution >= 4 is 11.6 Å². The topological polar surface area (TPSA) is 61.4 Å². The van der Waals surface area contributed by atoms with Crippen LogP contribution in [0.5, 0.6) is 0 Å². The average Bonchev–Trinajstić information content (AvgIpc) is 2.70. The van der Waals surface area contributed by atoms with Gasteiger partial charge in [-0.1, -0.05) is 18.2 Å². The molecule has 0 aromatic heterocycles. The Morgan fingerprint density at radius 3 is 2.88 bits per heavy atom. The Labute approximate surface area is 100 Å². The summed E-state index contributed by atoms with van der Waals surface area (Å²) >= 11 is 0. The van der Waals surface area contributed by atoms with Gasteiger partial charge in [0, 0.05) is 18.3 Å². The van der Waals surface area contributed by atoms with E-state index < -0.39 is 0 Å². The lowest BCUT2D eigenvalue weighted by atomic mass is 9.88. The Balaban J connectivity index is 1.67. The van der Waals surface area contributed by atoms with Gasteiger partial charge >= 0.3 is 0 Å². The minimum atomic E-state index is -0.228. The van der Waals surface area contributed by atoms with Gasteiger partial charge in [0.25, 0.3) is 0 Å². The largest absolute Gasteiger partial charge is 0.393 e. The molecular weight excluding hydrogens is 216 g/mol. The Morgan fingerprint density at radius 1 is 1.35 bits per heavy atom. The molecule has 1 fully saturated rings. The Morgan fingerprint density at radius 2 is 2.12 bits per heavy atom. The average molecular weight is 232 g/mol. The molecular formula is C13H16N2O2. The molecule has 1 saturated carbocycles. The van der Waals surface area contributed by atoms with Crippen molar-refractivity contribution < 1.29 is 9.90 Å². The highest BCUT2D eigenvalue weighted by atomic mass is 16.3. The lowest BCUT2D eigenvalue weighted by Crippen LogP contribution is -2.48. The van der Waals surface area contributed by atoms with Crippen LogP contribution in [0.2, 0.25) is 0 Å². The molecule has 3 rings (SSSR count). The maximum absolute atomic E-state index is 12.1. The SMILES string of the molecule is O=C(NC1CC(O)C1)C1CNc2ccccc21. The number of amides is 1. The quantitative estimate of drug-likeness (QED) is 0.708. The summed E-state index contributed by atoms with van der Waals surface area (Å²) in [4.78, 5) is 12.1. The van der Waals surface area contributed by atoms with Crippen LogP contribution in [0.4, 0.5) is 5.69 Å². The second-order valence-corrected chi connectivity index (χ2v) is 4.85. The number of anilines is 1. The van der Waals surface area contributed by atoms with Gasteiger partial charge in [-0.05, 0) is 24.5 Å². The molecule has 4 heteroatoms. The number of carbonyl (C=O) groups excluding carboxylic acids is 1. The Hall–Kier alpha value is -1.55. The second-order valence-electron chi connectivity index (χ2n) is 4.85. The van der Waals surface area contributed by atoms with Crippen molar-refractivity contribution in [3.05, 3.63) is 29.8 Å². The third kappa shape index (κ3) is 1.89. The highest BCUT2D eigenvalue weighted by Crippen LogP contribution is 2.31. The molecule has 2 aliphatic rings. The van der Waals surface area contributed by atoms with Crippen LogP contribution in [-0.4, -0.2) is 29.7 Å². The fraction of sp³-hybridized carbons (Fsp3) is 0.462. The van der Waals surface area contributed by atoms with Crippen molar-refractivity contribution in [1.82, 2.24) is 5.32 Å². The summed E-state index contributed by atoms with van der Waals surface area (Å²) in [5, 5.41) is 15.4. The zero-order chi connectivity index (χ0) is 11.8. The van der Waals surface area contributed by atoms with Gasteiger partial charge in [0.1, 0.15) is 0 Å². The molecule has 1 heterocycles. The van der Waals surface area contributed by atoms with Gasteiger partial charge < -0.3 is 15.7 Å². The summed E-state index contributed by atoms with van der Waals surface area (Å²) in [6.45, 7) is 0.667. The molecule has 1 aliphatic heterocycles. The maximum atomic E-state index is 12.1. The van der Waals surface area contributed by atoms with Gasteiger partial charge in [0.15, 0.2) is 0 Å². The number of para-hydroxylation sites is 1. The van der Waals surface area contributed by atoms with Crippen molar-refractivity contribution in [2.45, 2.75) is 30.9 Å². The van der Waals surface area contributed by atoms with E-state index in [-0.39, 0.29) is 24.0 Å². The first kappa shape index (κ1) is 10.6. The molecule has 0 radical (unpaired) electrons. The molecule has 1 amide bonds. The number of hydrogen-bond donors (Lipinski definition) is 3. The molecule has 4 nitrogen and oxygen atoms in total. The summed E-state index contributed by atoms with van der Waals surface area (Å²) in [5.41, 5.74) is 2.13. The Bertz CT molecular complexity index is 441. The van der Waals surface area contributed by atoms with Crippen molar-refractivity contribution in [3.63, 3.8) is 0 Å². The maximum Gasteiger partial charge on any atom is 0.229 e. The van der Waals surface area contributed by atoms with E-state index in [2.05, 4.69) is 10.6 Å². The predicted molar refractivity (Wildman–Crippen MR) is 64.8 cm³/mol. The first-order chi connectivity index (χ1) is 8.24. The van der Waals surface area contributed by atoms with E-state index in [0.717, 1.165) is 11.3 Å². The van der Waals surface area contributed by atoms with Crippen molar-refractivity contribution in [2.24, 2.45) is 0 Å². The van der Waals surface area contributed by atoms with Gasteiger partial charge in [-0.3, -0.25) is 4.79 Å². The van der Waals surface area contributed by atoms with Crippen LogP contribution in [0.3, 0.4) is 0 Å². The van der Waals surface area contributed by atoms with E-state index in [1.54, 1.807) is 0 Å². The van der Waals surface area contributed by atoms with E-state index in [4.69, 9.17) is 0 Å². The highest BCUT2D eigenvalue weighted by molar-refractivity contribution is 5.88. The summed E-state index contributed by atoms with van der Waals surface area (Å²) in [7, 11) is 0. The van der Waals surface area contributed by atoms with Crippen LogP contribution in [0.25, 0.3) is 0 Å². The zero-order valence-electron chi connectivity index (χ0n) is 9.52. The third-order valence-corrected chi connectivity index (χ3v) is 3.61. The zero-order valence-corrected chi connectivity index (χ0v) is 9.52. The fourth-order valence-corrected chi connectivity index (χ4v) is 2.53. The summed E-state index contributed by atoms with van der Waals surface area (Å²) < 4.78 is 0. The number of aliphatic hydroxyl groups excluding tert-OH is 1. The lowest BCUT2D eigenvalue weighted by Gasteiger charge is -2.32. The molecule has 1 aromatic rings. The van der Waals surface area contributed by atoms with E-state index >= 15 is 0 Å². The number of rotatable bonds is 2. The minimum absolute atomic E-state index is 0.0688. The van der Waals surface area contributed by atoms with Gasteiger partial charge in [-0.25, -0.2) is 0 Å². The third-order valence-electron chi connectivity index (χ3n) is 3.61. The molecule has 0 spiro atoms. The minimum Gasteiger partial charge on any atom is -0.393 e. The van der Waals surface area contributed by atoms with Crippen molar-refractivity contribution in [1.29, 1.82) is 0 Å². The molecule has 1 aromatic carbocycles. The van der Waals surface area contributed by atoms with E-state index in [1.165, 1.54) is 0 Å². The normalized spacial score (nSPS) is 30.1. The Kier molecular flexibility index (Phi) is 2.52. The van der Waals surface area contributed by atoms with E-state index in [1.807, 2.05) is 24.3 Å². The molecule has 1 atom stereocenters. The smallest absolute Gasteiger partial charge is 0.229 e. The van der Waals surface area contributed by atoms with Gasteiger partial charge in [-0.15, -0.1) is 0 Å². The first-order valence-corrected chi connectivity index (χ1v) is 6.05. The number of fused-ring (bicyclic) bond motifs is 1. The van der Waals surface area contributed by atoms with Crippen LogP contribution >= 0.6 is 0 Å². The molecule has 3 N–H and O–H groups in total. The van der Waals surface area contributed by atoms with Crippen LogP contribution in [-0.2, 0) is 4.79 Å². The summed E-state index contributed by atoms with van der Waals surface area (Å²) in [6, 6.07) is 8.07. The van der Waals surface area contributed by atoms with Crippen LogP contribution in [0, 0.1) is 0 Å². The molecule has 1 unspecified atom stereocenters. The van der Waals surface area contributed by atoms with Crippen molar-refractivity contribution in [2.75, 3.05) is 11.9 Å². The number of nitrogens with one attached hydrogen (secondary N) is 2. The van der Waals surface area contributed by atoms with Crippen LogP contribution in [0.15, 0.2) is 24.3 Å². The highest BCUT2D eigenvalue weighted by Gasteiger charge is 2.33. The predicted octanol–water partition coefficient (Wildman–Crippen LogP) is 0.835. The van der Waals surface area contributed by atoms with Crippen LogP contribution in [0.1, 0.15) is 24.3 Å². The summed E-state index contributed by atoms with van der Waals surface area (Å²) in [6.07, 6.45) is 1.15. The number of carbonyl (C=O) groups is 1. The number of aliphatic hydroxyl groups is 1. The molecule has 90 valence electrons. The van der Waals surface area contributed by atoms with Crippen LogP contribution < -0.4 is 10.6 Å². The van der Waals surface area contributed by atoms with Gasteiger partial charge in [0.2, 0.25) is 5.91 Å². The monoisotopic (exact) mass is 232 g/mol.